The SMILES string of the molecule is CC(=O)O.CCOCOc1ccc(CC)cc1. The predicted molar refractivity (Wildman–Crippen MR) is 66.3 cm³/mol. The van der Waals surface area contributed by atoms with E-state index in [2.05, 4.69) is 19.1 Å². The monoisotopic (exact) mass is 240 g/mol. The molecule has 0 amide bonds. The molecule has 17 heavy (non-hydrogen) atoms. The van der Waals surface area contributed by atoms with Gasteiger partial charge in [0.25, 0.3) is 5.97 Å². The summed E-state index contributed by atoms with van der Waals surface area (Å²) in [5.41, 5.74) is 1.32. The van der Waals surface area contributed by atoms with Crippen molar-refractivity contribution in [3.63, 3.8) is 0 Å². The van der Waals surface area contributed by atoms with Crippen LogP contribution < -0.4 is 4.74 Å². The lowest BCUT2D eigenvalue weighted by molar-refractivity contribution is -0.134. The first-order chi connectivity index (χ1) is 8.10. The average molecular weight is 240 g/mol. The average Bonchev–Trinajstić information content (AvgIpc) is 2.30. The van der Waals surface area contributed by atoms with E-state index in [4.69, 9.17) is 19.4 Å². The minimum absolute atomic E-state index is 0.335. The Kier molecular flexibility index (Phi) is 8.78. The zero-order chi connectivity index (χ0) is 13.1. The number of aliphatic carboxylic acids is 1. The van der Waals surface area contributed by atoms with Crippen LogP contribution in [0.5, 0.6) is 5.75 Å². The van der Waals surface area contributed by atoms with Crippen molar-refractivity contribution in [1.82, 2.24) is 0 Å². The Morgan fingerprint density at radius 2 is 1.76 bits per heavy atom. The zero-order valence-electron chi connectivity index (χ0n) is 10.6. The molecule has 0 atom stereocenters. The van der Waals surface area contributed by atoms with Crippen LogP contribution in [-0.2, 0) is 16.0 Å². The molecular weight excluding hydrogens is 220 g/mol. The lowest BCUT2D eigenvalue weighted by Gasteiger charge is -2.05. The summed E-state index contributed by atoms with van der Waals surface area (Å²) < 4.78 is 10.4. The van der Waals surface area contributed by atoms with Crippen LogP contribution in [0.2, 0.25) is 0 Å². The zero-order valence-corrected chi connectivity index (χ0v) is 10.6. The number of carbonyl (C=O) groups is 1. The van der Waals surface area contributed by atoms with Gasteiger partial charge in [0.15, 0.2) is 6.79 Å². The third-order valence-corrected chi connectivity index (χ3v) is 1.84. The molecule has 0 aliphatic rings. The number of ether oxygens (including phenoxy) is 2. The van der Waals surface area contributed by atoms with Gasteiger partial charge < -0.3 is 14.6 Å². The van der Waals surface area contributed by atoms with Gasteiger partial charge >= 0.3 is 0 Å². The summed E-state index contributed by atoms with van der Waals surface area (Å²) in [6, 6.07) is 8.08. The van der Waals surface area contributed by atoms with Crippen molar-refractivity contribution in [2.45, 2.75) is 27.2 Å². The Bertz CT molecular complexity index is 302. The predicted octanol–water partition coefficient (Wildman–Crippen LogP) is 2.71. The number of hydrogen-bond donors (Lipinski definition) is 1. The summed E-state index contributed by atoms with van der Waals surface area (Å²) >= 11 is 0. The Balaban J connectivity index is 0.000000557. The van der Waals surface area contributed by atoms with Crippen LogP contribution in [0.4, 0.5) is 0 Å². The maximum atomic E-state index is 9.00. The summed E-state index contributed by atoms with van der Waals surface area (Å²) in [6.07, 6.45) is 1.06. The highest BCUT2D eigenvalue weighted by atomic mass is 16.7. The van der Waals surface area contributed by atoms with E-state index in [0.717, 1.165) is 19.1 Å². The number of rotatable bonds is 5. The highest BCUT2D eigenvalue weighted by molar-refractivity contribution is 5.62. The fourth-order valence-electron chi connectivity index (χ4n) is 1.01. The van der Waals surface area contributed by atoms with Gasteiger partial charge in [0.2, 0.25) is 0 Å². The van der Waals surface area contributed by atoms with Crippen LogP contribution in [0.1, 0.15) is 26.3 Å². The number of benzene rings is 1. The van der Waals surface area contributed by atoms with Gasteiger partial charge in [-0.2, -0.15) is 0 Å². The fraction of sp³-hybridized carbons (Fsp3) is 0.462. The highest BCUT2D eigenvalue weighted by Crippen LogP contribution is 2.12. The molecule has 4 heteroatoms. The molecule has 0 radical (unpaired) electrons. The topological polar surface area (TPSA) is 55.8 Å². The molecule has 0 heterocycles. The van der Waals surface area contributed by atoms with E-state index in [1.165, 1.54) is 5.56 Å². The molecule has 0 saturated carbocycles. The van der Waals surface area contributed by atoms with Crippen molar-refractivity contribution < 1.29 is 19.4 Å². The van der Waals surface area contributed by atoms with Crippen LogP contribution in [0, 0.1) is 0 Å². The molecule has 0 spiro atoms. The minimum Gasteiger partial charge on any atom is -0.481 e. The Labute approximate surface area is 102 Å². The third-order valence-electron chi connectivity index (χ3n) is 1.84. The Morgan fingerprint density at radius 1 is 1.24 bits per heavy atom. The highest BCUT2D eigenvalue weighted by Gasteiger charge is 1.92. The molecule has 96 valence electrons. The smallest absolute Gasteiger partial charge is 0.300 e. The molecule has 1 aromatic rings. The van der Waals surface area contributed by atoms with Gasteiger partial charge in [0.05, 0.1) is 0 Å². The van der Waals surface area contributed by atoms with Crippen molar-refractivity contribution in [1.29, 1.82) is 0 Å². The van der Waals surface area contributed by atoms with Crippen molar-refractivity contribution in [2.24, 2.45) is 0 Å². The van der Waals surface area contributed by atoms with Crippen molar-refractivity contribution >= 4 is 5.97 Å². The number of aryl methyl sites for hydroxylation is 1. The van der Waals surface area contributed by atoms with Gasteiger partial charge in [-0.25, -0.2) is 0 Å². The van der Waals surface area contributed by atoms with Crippen molar-refractivity contribution in [3.8, 4) is 5.75 Å². The molecular formula is C13H20O4. The first-order valence-corrected chi connectivity index (χ1v) is 5.59. The first kappa shape index (κ1) is 15.4. The molecule has 0 aromatic heterocycles. The van der Waals surface area contributed by atoms with E-state index in [0.29, 0.717) is 13.4 Å². The van der Waals surface area contributed by atoms with Gasteiger partial charge in [0.1, 0.15) is 5.75 Å². The molecule has 0 unspecified atom stereocenters. The minimum atomic E-state index is -0.833. The van der Waals surface area contributed by atoms with Crippen LogP contribution in [0.3, 0.4) is 0 Å². The molecule has 0 bridgehead atoms. The van der Waals surface area contributed by atoms with E-state index >= 15 is 0 Å². The number of carboxylic acid groups (broad SMARTS) is 1. The summed E-state index contributed by atoms with van der Waals surface area (Å²) in [4.78, 5) is 9.00. The van der Waals surface area contributed by atoms with Crippen LogP contribution in [-0.4, -0.2) is 24.5 Å². The molecule has 0 aliphatic carbocycles. The third kappa shape index (κ3) is 9.38. The normalized spacial score (nSPS) is 9.12. The lowest BCUT2D eigenvalue weighted by Crippen LogP contribution is -2.01. The van der Waals surface area contributed by atoms with Crippen LogP contribution in [0.25, 0.3) is 0 Å². The second kappa shape index (κ2) is 9.66. The molecule has 0 fully saturated rings. The summed E-state index contributed by atoms with van der Waals surface area (Å²) in [7, 11) is 0. The van der Waals surface area contributed by atoms with Gasteiger partial charge in [-0.15, -0.1) is 0 Å². The summed E-state index contributed by atoms with van der Waals surface area (Å²) in [5.74, 6) is 0.0330. The van der Waals surface area contributed by atoms with Crippen molar-refractivity contribution in [3.05, 3.63) is 29.8 Å². The summed E-state index contributed by atoms with van der Waals surface area (Å²) in [6.45, 7) is 6.19. The number of hydrogen-bond acceptors (Lipinski definition) is 3. The molecule has 0 aliphatic heterocycles. The molecule has 1 N–H and O–H groups in total. The second-order valence-corrected chi connectivity index (χ2v) is 3.27. The maximum Gasteiger partial charge on any atom is 0.300 e. The Morgan fingerprint density at radius 3 is 2.18 bits per heavy atom. The van der Waals surface area contributed by atoms with E-state index in [1.54, 1.807) is 0 Å². The van der Waals surface area contributed by atoms with E-state index < -0.39 is 5.97 Å². The van der Waals surface area contributed by atoms with Crippen LogP contribution in [0.15, 0.2) is 24.3 Å². The van der Waals surface area contributed by atoms with Gasteiger partial charge in [0, 0.05) is 13.5 Å². The lowest BCUT2D eigenvalue weighted by atomic mass is 10.2. The maximum absolute atomic E-state index is 9.00. The van der Waals surface area contributed by atoms with Gasteiger partial charge in [-0.05, 0) is 31.0 Å². The fourth-order valence-corrected chi connectivity index (χ4v) is 1.01. The van der Waals surface area contributed by atoms with Crippen LogP contribution >= 0.6 is 0 Å². The Hall–Kier alpha value is -1.55. The molecule has 1 rings (SSSR count). The quantitative estimate of drug-likeness (QED) is 0.635. The van der Waals surface area contributed by atoms with Crippen molar-refractivity contribution in [2.75, 3.05) is 13.4 Å². The first-order valence-electron chi connectivity index (χ1n) is 5.59. The standard InChI is InChI=1S/C11H16O2.C2H4O2/c1-3-10-5-7-11(8-6-10)13-9-12-4-2;1-2(3)4/h5-8H,3-4,9H2,1-2H3;1H3,(H,3,4). The largest absolute Gasteiger partial charge is 0.481 e. The second-order valence-electron chi connectivity index (χ2n) is 3.27. The van der Waals surface area contributed by atoms with E-state index in [-0.39, 0.29) is 0 Å². The van der Waals surface area contributed by atoms with E-state index in [1.807, 2.05) is 19.1 Å². The molecule has 0 saturated heterocycles. The molecule has 1 aromatic carbocycles. The van der Waals surface area contributed by atoms with Gasteiger partial charge in [-0.3, -0.25) is 4.79 Å². The number of carboxylic acids is 1. The molecule has 4 nitrogen and oxygen atoms in total. The van der Waals surface area contributed by atoms with Gasteiger partial charge in [-0.1, -0.05) is 19.1 Å². The van der Waals surface area contributed by atoms with E-state index in [9.17, 15) is 0 Å². The summed E-state index contributed by atoms with van der Waals surface area (Å²) in [5, 5.41) is 7.42.